The zero-order chi connectivity index (χ0) is 18.2. The standard InChI is InChI=1S/C18H21FN4O2S/c19-16-4-2-1-3-15(16)17-6-5-14(25-17)13-21-22-18(26)20-7-8-23-9-11-24-12-10-23/h1-6,13H,7-12H2,(H2,20,22,26)/p+1/b21-13-. The summed E-state index contributed by atoms with van der Waals surface area (Å²) >= 11 is 5.19. The van der Waals surface area contributed by atoms with Crippen LogP contribution in [0.25, 0.3) is 11.3 Å². The fourth-order valence-electron chi connectivity index (χ4n) is 2.68. The molecule has 0 unspecified atom stereocenters. The zero-order valence-electron chi connectivity index (χ0n) is 14.3. The topological polar surface area (TPSA) is 63.2 Å². The van der Waals surface area contributed by atoms with E-state index >= 15 is 0 Å². The first-order valence-corrected chi connectivity index (χ1v) is 8.96. The molecular weight excluding hydrogens is 355 g/mol. The van der Waals surface area contributed by atoms with E-state index in [1.165, 1.54) is 17.2 Å². The van der Waals surface area contributed by atoms with Crippen molar-refractivity contribution >= 4 is 23.5 Å². The van der Waals surface area contributed by atoms with Crippen molar-refractivity contribution in [3.05, 3.63) is 48.0 Å². The third kappa shape index (κ3) is 5.35. The lowest BCUT2D eigenvalue weighted by molar-refractivity contribution is -0.906. The molecule has 0 atom stereocenters. The van der Waals surface area contributed by atoms with Gasteiger partial charge in [-0.3, -0.25) is 5.43 Å². The van der Waals surface area contributed by atoms with Gasteiger partial charge >= 0.3 is 0 Å². The number of thiocarbonyl (C=S) groups is 1. The number of quaternary nitrogens is 1. The van der Waals surface area contributed by atoms with E-state index in [9.17, 15) is 4.39 Å². The number of morpholine rings is 1. The van der Waals surface area contributed by atoms with Crippen LogP contribution < -0.4 is 15.6 Å². The molecule has 0 radical (unpaired) electrons. The van der Waals surface area contributed by atoms with Crippen LogP contribution in [0, 0.1) is 5.82 Å². The summed E-state index contributed by atoms with van der Waals surface area (Å²) in [5.74, 6) is 0.645. The molecule has 6 nitrogen and oxygen atoms in total. The van der Waals surface area contributed by atoms with Crippen LogP contribution in [0.1, 0.15) is 5.76 Å². The third-order valence-electron chi connectivity index (χ3n) is 4.09. The molecule has 3 N–H and O–H groups in total. The summed E-state index contributed by atoms with van der Waals surface area (Å²) in [6, 6.07) is 9.91. The molecule has 138 valence electrons. The predicted octanol–water partition coefficient (Wildman–Crippen LogP) is 0.799. The van der Waals surface area contributed by atoms with Crippen molar-refractivity contribution in [3.8, 4) is 11.3 Å². The molecule has 1 aromatic carbocycles. The lowest BCUT2D eigenvalue weighted by atomic mass is 10.1. The minimum Gasteiger partial charge on any atom is -0.455 e. The number of hydrogen-bond acceptors (Lipinski definition) is 4. The monoisotopic (exact) mass is 377 g/mol. The van der Waals surface area contributed by atoms with Crippen molar-refractivity contribution in [2.45, 2.75) is 0 Å². The van der Waals surface area contributed by atoms with E-state index < -0.39 is 0 Å². The molecule has 8 heteroatoms. The molecule has 0 amide bonds. The summed E-state index contributed by atoms with van der Waals surface area (Å²) < 4.78 is 24.7. The van der Waals surface area contributed by atoms with Gasteiger partial charge in [-0.15, -0.1) is 0 Å². The molecule has 1 aromatic heterocycles. The highest BCUT2D eigenvalue weighted by Crippen LogP contribution is 2.24. The SMILES string of the molecule is Fc1ccccc1-c1ccc(/C=N\NC(=S)NCC[NH+]2CCOCC2)o1. The summed E-state index contributed by atoms with van der Waals surface area (Å²) in [5.41, 5.74) is 3.17. The summed E-state index contributed by atoms with van der Waals surface area (Å²) in [7, 11) is 0. The maximum Gasteiger partial charge on any atom is 0.187 e. The Morgan fingerprint density at radius 1 is 1.23 bits per heavy atom. The van der Waals surface area contributed by atoms with Crippen molar-refractivity contribution in [1.29, 1.82) is 0 Å². The van der Waals surface area contributed by atoms with Gasteiger partial charge in [-0.25, -0.2) is 4.39 Å². The van der Waals surface area contributed by atoms with Gasteiger partial charge in [0.1, 0.15) is 30.4 Å². The van der Waals surface area contributed by atoms with Gasteiger partial charge in [0.05, 0.1) is 38.1 Å². The highest BCUT2D eigenvalue weighted by Gasteiger charge is 2.12. The van der Waals surface area contributed by atoms with Gasteiger partial charge in [0.2, 0.25) is 0 Å². The van der Waals surface area contributed by atoms with E-state index in [0.29, 0.717) is 22.2 Å². The molecule has 0 bridgehead atoms. The molecule has 1 fully saturated rings. The molecule has 0 spiro atoms. The fourth-order valence-corrected chi connectivity index (χ4v) is 2.84. The molecule has 26 heavy (non-hydrogen) atoms. The number of furan rings is 1. The van der Waals surface area contributed by atoms with Gasteiger partial charge in [0.25, 0.3) is 0 Å². The van der Waals surface area contributed by atoms with E-state index in [2.05, 4.69) is 15.8 Å². The maximum absolute atomic E-state index is 13.8. The molecular formula is C18H22FN4O2S+. The van der Waals surface area contributed by atoms with Crippen molar-refractivity contribution < 1.29 is 18.4 Å². The van der Waals surface area contributed by atoms with Crippen molar-refractivity contribution in [2.24, 2.45) is 5.10 Å². The Bertz CT molecular complexity index is 759. The number of ether oxygens (including phenoxy) is 1. The Labute approximate surface area is 157 Å². The van der Waals surface area contributed by atoms with E-state index in [1.54, 1.807) is 30.3 Å². The predicted molar refractivity (Wildman–Crippen MR) is 102 cm³/mol. The van der Waals surface area contributed by atoms with Crippen LogP contribution in [0.2, 0.25) is 0 Å². The van der Waals surface area contributed by atoms with E-state index in [-0.39, 0.29) is 5.82 Å². The van der Waals surface area contributed by atoms with E-state index in [4.69, 9.17) is 21.4 Å². The Morgan fingerprint density at radius 3 is 2.85 bits per heavy atom. The summed E-state index contributed by atoms with van der Waals surface area (Å²) in [5, 5.41) is 7.62. The molecule has 3 rings (SSSR count). The molecule has 0 saturated carbocycles. The number of benzene rings is 1. The van der Waals surface area contributed by atoms with Crippen LogP contribution in [-0.2, 0) is 4.74 Å². The number of halogens is 1. The first kappa shape index (κ1) is 18.5. The molecule has 2 aromatic rings. The largest absolute Gasteiger partial charge is 0.455 e. The molecule has 2 heterocycles. The maximum atomic E-state index is 13.8. The van der Waals surface area contributed by atoms with Gasteiger partial charge in [0.15, 0.2) is 5.11 Å². The van der Waals surface area contributed by atoms with Gasteiger partial charge in [0, 0.05) is 0 Å². The summed E-state index contributed by atoms with van der Waals surface area (Å²) in [6.07, 6.45) is 1.51. The van der Waals surface area contributed by atoms with Crippen LogP contribution in [0.4, 0.5) is 4.39 Å². The number of hydrogen-bond donors (Lipinski definition) is 3. The van der Waals surface area contributed by atoms with Gasteiger partial charge in [-0.2, -0.15) is 5.10 Å². The minimum atomic E-state index is -0.323. The zero-order valence-corrected chi connectivity index (χ0v) is 15.2. The van der Waals surface area contributed by atoms with Gasteiger partial charge in [-0.05, 0) is 36.5 Å². The number of nitrogens with one attached hydrogen (secondary N) is 3. The summed E-state index contributed by atoms with van der Waals surface area (Å²) in [6.45, 7) is 5.46. The van der Waals surface area contributed by atoms with Crippen LogP contribution in [0.5, 0.6) is 0 Å². The van der Waals surface area contributed by atoms with Crippen LogP contribution >= 0.6 is 12.2 Å². The average molecular weight is 377 g/mol. The van der Waals surface area contributed by atoms with Crippen molar-refractivity contribution in [3.63, 3.8) is 0 Å². The Morgan fingerprint density at radius 2 is 2.04 bits per heavy atom. The Kier molecular flexibility index (Phi) is 6.70. The Balaban J connectivity index is 1.42. The first-order valence-electron chi connectivity index (χ1n) is 8.55. The number of hydrazone groups is 1. The second-order valence-electron chi connectivity index (χ2n) is 5.92. The van der Waals surface area contributed by atoms with E-state index in [0.717, 1.165) is 39.4 Å². The highest BCUT2D eigenvalue weighted by atomic mass is 32.1. The van der Waals surface area contributed by atoms with Gasteiger partial charge in [-0.1, -0.05) is 12.1 Å². The lowest BCUT2D eigenvalue weighted by Gasteiger charge is -2.23. The minimum absolute atomic E-state index is 0.323. The average Bonchev–Trinajstić information content (AvgIpc) is 3.12. The van der Waals surface area contributed by atoms with Gasteiger partial charge < -0.3 is 19.4 Å². The number of rotatable bonds is 6. The first-order chi connectivity index (χ1) is 12.7. The van der Waals surface area contributed by atoms with E-state index in [1.807, 2.05) is 0 Å². The van der Waals surface area contributed by atoms with Crippen molar-refractivity contribution in [2.75, 3.05) is 39.4 Å². The Hall–Kier alpha value is -2.29. The normalized spacial score (nSPS) is 15.3. The molecule has 1 aliphatic heterocycles. The van der Waals surface area contributed by atoms with Crippen molar-refractivity contribution in [1.82, 2.24) is 10.7 Å². The molecule has 1 saturated heterocycles. The summed E-state index contributed by atoms with van der Waals surface area (Å²) in [4.78, 5) is 1.51. The molecule has 0 aliphatic carbocycles. The third-order valence-corrected chi connectivity index (χ3v) is 4.32. The van der Waals surface area contributed by atoms with Crippen LogP contribution in [0.15, 0.2) is 45.9 Å². The fraction of sp³-hybridized carbons (Fsp3) is 0.333. The molecule has 1 aliphatic rings. The quantitative estimate of drug-likeness (QED) is 0.395. The number of nitrogens with zero attached hydrogens (tertiary/aromatic N) is 1. The smallest absolute Gasteiger partial charge is 0.187 e. The second kappa shape index (κ2) is 9.42. The van der Waals surface area contributed by atoms with Crippen LogP contribution in [0.3, 0.4) is 0 Å². The second-order valence-corrected chi connectivity index (χ2v) is 6.33. The van der Waals surface area contributed by atoms with Crippen LogP contribution in [-0.4, -0.2) is 50.7 Å². The lowest BCUT2D eigenvalue weighted by Crippen LogP contribution is -3.14. The highest BCUT2D eigenvalue weighted by molar-refractivity contribution is 7.80.